The largest absolute Gasteiger partial charge is 0.250 e. The Hall–Kier alpha value is -1.64. The van der Waals surface area contributed by atoms with Crippen LogP contribution >= 0.6 is 0 Å². The van der Waals surface area contributed by atoms with E-state index in [0.717, 1.165) is 25.2 Å². The molecule has 3 heteroatoms. The van der Waals surface area contributed by atoms with Crippen LogP contribution in [0.1, 0.15) is 35.6 Å². The fraction of sp³-hybridized carbons (Fsp3) is 0.429. The molecule has 0 N–H and O–H groups in total. The fourth-order valence-corrected chi connectivity index (χ4v) is 2.39. The van der Waals surface area contributed by atoms with Gasteiger partial charge < -0.3 is 0 Å². The highest BCUT2D eigenvalue weighted by atomic mass is 15.3. The Morgan fingerprint density at radius 1 is 1.24 bits per heavy atom. The Morgan fingerprint density at radius 3 is 2.94 bits per heavy atom. The van der Waals surface area contributed by atoms with Crippen LogP contribution in [0.2, 0.25) is 0 Å². The summed E-state index contributed by atoms with van der Waals surface area (Å²) in [7, 11) is 0. The molecular formula is C14H17N3. The molecule has 0 fully saturated rings. The summed E-state index contributed by atoms with van der Waals surface area (Å²) < 4.78 is 2.08. The van der Waals surface area contributed by atoms with Crippen molar-refractivity contribution in [3.05, 3.63) is 47.0 Å². The lowest BCUT2D eigenvalue weighted by Gasteiger charge is -2.09. The standard InChI is InChI=1S/C14H17N3/c1-11-6-2-3-7-12(11)10-13-15-14-8-4-5-9-17(14)16-13/h2-3,6-7H,4-5,8-10H2,1H3. The summed E-state index contributed by atoms with van der Waals surface area (Å²) in [5.41, 5.74) is 2.65. The minimum atomic E-state index is 0.854. The lowest BCUT2D eigenvalue weighted by atomic mass is 10.1. The topological polar surface area (TPSA) is 30.7 Å². The summed E-state index contributed by atoms with van der Waals surface area (Å²) in [6, 6.07) is 8.46. The molecule has 1 aliphatic rings. The molecule has 0 radical (unpaired) electrons. The highest BCUT2D eigenvalue weighted by Gasteiger charge is 2.14. The average molecular weight is 227 g/mol. The number of rotatable bonds is 2. The number of hydrogen-bond donors (Lipinski definition) is 0. The Bertz CT molecular complexity index is 505. The second kappa shape index (κ2) is 4.32. The van der Waals surface area contributed by atoms with Gasteiger partial charge in [-0.2, -0.15) is 5.10 Å². The van der Waals surface area contributed by atoms with Gasteiger partial charge in [0.25, 0.3) is 0 Å². The quantitative estimate of drug-likeness (QED) is 0.789. The number of aryl methyl sites for hydroxylation is 3. The molecule has 2 heterocycles. The van der Waals surface area contributed by atoms with Crippen molar-refractivity contribution in [2.75, 3.05) is 0 Å². The minimum Gasteiger partial charge on any atom is -0.250 e. The van der Waals surface area contributed by atoms with Gasteiger partial charge in [-0.15, -0.1) is 0 Å². The van der Waals surface area contributed by atoms with Crippen LogP contribution < -0.4 is 0 Å². The van der Waals surface area contributed by atoms with Crippen LogP contribution in [-0.4, -0.2) is 14.8 Å². The van der Waals surface area contributed by atoms with Gasteiger partial charge in [0.2, 0.25) is 0 Å². The van der Waals surface area contributed by atoms with Gasteiger partial charge in [0.15, 0.2) is 5.82 Å². The van der Waals surface area contributed by atoms with Gasteiger partial charge in [-0.3, -0.25) is 0 Å². The van der Waals surface area contributed by atoms with Crippen LogP contribution in [0.3, 0.4) is 0 Å². The third-order valence-corrected chi connectivity index (χ3v) is 3.42. The molecule has 1 aliphatic heterocycles. The first kappa shape index (κ1) is 10.5. The van der Waals surface area contributed by atoms with Gasteiger partial charge >= 0.3 is 0 Å². The molecule has 0 unspecified atom stereocenters. The van der Waals surface area contributed by atoms with E-state index in [9.17, 15) is 0 Å². The van der Waals surface area contributed by atoms with Gasteiger partial charge in [-0.05, 0) is 30.9 Å². The number of hydrogen-bond acceptors (Lipinski definition) is 2. The summed E-state index contributed by atoms with van der Waals surface area (Å²) in [5, 5.41) is 4.59. The summed E-state index contributed by atoms with van der Waals surface area (Å²) in [6.45, 7) is 3.18. The molecule has 1 aromatic carbocycles. The summed E-state index contributed by atoms with van der Waals surface area (Å²) in [4.78, 5) is 4.64. The van der Waals surface area contributed by atoms with Gasteiger partial charge in [-0.25, -0.2) is 9.67 Å². The van der Waals surface area contributed by atoms with Crippen LogP contribution in [0, 0.1) is 6.92 Å². The smallest absolute Gasteiger partial charge is 0.155 e. The van der Waals surface area contributed by atoms with Crippen LogP contribution in [-0.2, 0) is 19.4 Å². The predicted molar refractivity (Wildman–Crippen MR) is 66.9 cm³/mol. The molecular weight excluding hydrogens is 210 g/mol. The monoisotopic (exact) mass is 227 g/mol. The SMILES string of the molecule is Cc1ccccc1Cc1nc2n(n1)CCCC2. The van der Waals surface area contributed by atoms with Crippen molar-refractivity contribution in [1.29, 1.82) is 0 Å². The van der Waals surface area contributed by atoms with Gasteiger partial charge in [0.1, 0.15) is 5.82 Å². The molecule has 88 valence electrons. The fourth-order valence-electron chi connectivity index (χ4n) is 2.39. The van der Waals surface area contributed by atoms with Crippen molar-refractivity contribution < 1.29 is 0 Å². The van der Waals surface area contributed by atoms with E-state index in [2.05, 4.69) is 46.0 Å². The Morgan fingerprint density at radius 2 is 2.12 bits per heavy atom. The zero-order valence-corrected chi connectivity index (χ0v) is 10.2. The number of fused-ring (bicyclic) bond motifs is 1. The first-order valence-corrected chi connectivity index (χ1v) is 6.30. The lowest BCUT2D eigenvalue weighted by molar-refractivity contribution is 0.478. The van der Waals surface area contributed by atoms with Crippen molar-refractivity contribution in [2.24, 2.45) is 0 Å². The maximum atomic E-state index is 4.64. The average Bonchev–Trinajstić information content (AvgIpc) is 2.74. The first-order valence-electron chi connectivity index (χ1n) is 6.30. The van der Waals surface area contributed by atoms with Crippen LogP contribution in [0.4, 0.5) is 0 Å². The molecule has 1 aromatic heterocycles. The van der Waals surface area contributed by atoms with Crippen molar-refractivity contribution in [3.8, 4) is 0 Å². The number of aromatic nitrogens is 3. The van der Waals surface area contributed by atoms with Crippen LogP contribution in [0.5, 0.6) is 0 Å². The predicted octanol–water partition coefficient (Wildman–Crippen LogP) is 2.51. The Kier molecular flexibility index (Phi) is 2.67. The zero-order valence-electron chi connectivity index (χ0n) is 10.2. The summed E-state index contributed by atoms with van der Waals surface area (Å²) in [5.74, 6) is 2.14. The van der Waals surface area contributed by atoms with Crippen LogP contribution in [0.15, 0.2) is 24.3 Å². The maximum Gasteiger partial charge on any atom is 0.155 e. The maximum absolute atomic E-state index is 4.64. The van der Waals surface area contributed by atoms with E-state index in [1.165, 1.54) is 29.8 Å². The molecule has 0 amide bonds. The van der Waals surface area contributed by atoms with Gasteiger partial charge in [-0.1, -0.05) is 24.3 Å². The number of benzene rings is 1. The molecule has 2 aromatic rings. The van der Waals surface area contributed by atoms with E-state index >= 15 is 0 Å². The molecule has 17 heavy (non-hydrogen) atoms. The normalized spacial score (nSPS) is 14.6. The van der Waals surface area contributed by atoms with Crippen molar-refractivity contribution in [3.63, 3.8) is 0 Å². The highest BCUT2D eigenvalue weighted by molar-refractivity contribution is 5.28. The number of nitrogens with zero attached hydrogens (tertiary/aromatic N) is 3. The van der Waals surface area contributed by atoms with Crippen LogP contribution in [0.25, 0.3) is 0 Å². The minimum absolute atomic E-state index is 0.854. The summed E-state index contributed by atoms with van der Waals surface area (Å²) in [6.07, 6.45) is 4.43. The lowest BCUT2D eigenvalue weighted by Crippen LogP contribution is -2.11. The molecule has 0 saturated heterocycles. The molecule has 0 aliphatic carbocycles. The zero-order chi connectivity index (χ0) is 11.7. The van der Waals surface area contributed by atoms with E-state index < -0.39 is 0 Å². The van der Waals surface area contributed by atoms with Crippen molar-refractivity contribution in [1.82, 2.24) is 14.8 Å². The highest BCUT2D eigenvalue weighted by Crippen LogP contribution is 2.15. The molecule has 3 nitrogen and oxygen atoms in total. The summed E-state index contributed by atoms with van der Waals surface area (Å²) >= 11 is 0. The van der Waals surface area contributed by atoms with Gasteiger partial charge in [0, 0.05) is 19.4 Å². The first-order chi connectivity index (χ1) is 8.33. The third kappa shape index (κ3) is 2.09. The Labute approximate surface area is 101 Å². The molecule has 3 rings (SSSR count). The second-order valence-electron chi connectivity index (χ2n) is 4.73. The van der Waals surface area contributed by atoms with E-state index in [1.807, 2.05) is 0 Å². The molecule has 0 spiro atoms. The van der Waals surface area contributed by atoms with Crippen molar-refractivity contribution >= 4 is 0 Å². The molecule has 0 saturated carbocycles. The Balaban J connectivity index is 1.86. The second-order valence-corrected chi connectivity index (χ2v) is 4.73. The van der Waals surface area contributed by atoms with Crippen molar-refractivity contribution in [2.45, 2.75) is 39.2 Å². The third-order valence-electron chi connectivity index (χ3n) is 3.42. The van der Waals surface area contributed by atoms with E-state index in [4.69, 9.17) is 0 Å². The van der Waals surface area contributed by atoms with E-state index in [1.54, 1.807) is 0 Å². The van der Waals surface area contributed by atoms with Gasteiger partial charge in [0.05, 0.1) is 0 Å². The van der Waals surface area contributed by atoms with E-state index in [-0.39, 0.29) is 0 Å². The van der Waals surface area contributed by atoms with E-state index in [0.29, 0.717) is 0 Å². The molecule has 0 bridgehead atoms. The molecule has 0 atom stereocenters.